The molecule has 5 nitrogen and oxygen atoms in total. The molecule has 0 unspecified atom stereocenters. The van der Waals surface area contributed by atoms with E-state index in [2.05, 4.69) is 15.3 Å². The molecule has 0 spiro atoms. The zero-order valence-corrected chi connectivity index (χ0v) is 10.5. The summed E-state index contributed by atoms with van der Waals surface area (Å²) in [4.78, 5) is 19.6. The van der Waals surface area contributed by atoms with Crippen LogP contribution in [0.15, 0.2) is 11.4 Å². The second-order valence-electron chi connectivity index (χ2n) is 3.11. The monoisotopic (exact) mass is 261 g/mol. The van der Waals surface area contributed by atoms with Gasteiger partial charge in [0.2, 0.25) is 0 Å². The summed E-state index contributed by atoms with van der Waals surface area (Å²) in [5.74, 6) is -0.413. The first-order valence-corrected chi connectivity index (χ1v) is 6.17. The van der Waals surface area contributed by atoms with Crippen LogP contribution in [-0.4, -0.2) is 39.9 Å². The molecule has 7 heteroatoms. The normalized spacial score (nSPS) is 12.2. The summed E-state index contributed by atoms with van der Waals surface area (Å²) in [5, 5.41) is 12.2. The summed E-state index contributed by atoms with van der Waals surface area (Å²) in [6.45, 7) is 1.74. The van der Waals surface area contributed by atoms with Crippen LogP contribution in [0.4, 0.5) is 0 Å². The molecule has 88 valence electrons. The maximum atomic E-state index is 11.6. The minimum absolute atomic E-state index is 0.127. The fraction of sp³-hybridized carbons (Fsp3) is 0.444. The predicted octanol–water partition coefficient (Wildman–Crippen LogP) is 0.962. The Morgan fingerprint density at radius 2 is 2.44 bits per heavy atom. The molecule has 1 aromatic heterocycles. The van der Waals surface area contributed by atoms with E-state index < -0.39 is 12.0 Å². The molecule has 1 rings (SSSR count). The molecule has 0 radical (unpaired) electrons. The Hall–Kier alpha value is -0.850. The van der Waals surface area contributed by atoms with E-state index in [-0.39, 0.29) is 17.3 Å². The number of hydrogen-bond donors (Lipinski definition) is 2. The van der Waals surface area contributed by atoms with Crippen molar-refractivity contribution in [1.29, 1.82) is 0 Å². The smallest absolute Gasteiger partial charge is 0.271 e. The Bertz CT molecular complexity index is 387. The van der Waals surface area contributed by atoms with Crippen molar-refractivity contribution in [2.24, 2.45) is 0 Å². The number of nitrogens with zero attached hydrogens (tertiary/aromatic N) is 2. The highest BCUT2D eigenvalue weighted by Gasteiger charge is 2.14. The molecule has 0 saturated heterocycles. The van der Waals surface area contributed by atoms with Crippen molar-refractivity contribution in [3.8, 4) is 0 Å². The number of carbonyl (C=O) groups is 1. The van der Waals surface area contributed by atoms with Crippen molar-refractivity contribution in [1.82, 2.24) is 15.3 Å². The van der Waals surface area contributed by atoms with Crippen LogP contribution in [0, 0.1) is 0 Å². The first-order valence-electron chi connectivity index (χ1n) is 4.57. The SMILES string of the molecule is CSc1ncc(Cl)c(C(=O)NC[C@@H](C)O)n1. The fourth-order valence-corrected chi connectivity index (χ4v) is 1.45. The van der Waals surface area contributed by atoms with Crippen LogP contribution in [0.5, 0.6) is 0 Å². The lowest BCUT2D eigenvalue weighted by atomic mass is 10.3. The summed E-state index contributed by atoms with van der Waals surface area (Å²) >= 11 is 7.13. The lowest BCUT2D eigenvalue weighted by Crippen LogP contribution is -2.31. The number of nitrogens with one attached hydrogen (secondary N) is 1. The van der Waals surface area contributed by atoms with Crippen molar-refractivity contribution in [2.75, 3.05) is 12.8 Å². The standard InChI is InChI=1S/C9H12ClN3O2S/c1-5(14)3-11-8(15)7-6(10)4-12-9(13-7)16-2/h4-5,14H,3H2,1-2H3,(H,11,15)/t5-/m1/s1. The van der Waals surface area contributed by atoms with E-state index in [0.717, 1.165) is 0 Å². The number of carbonyl (C=O) groups excluding carboxylic acids is 1. The highest BCUT2D eigenvalue weighted by atomic mass is 35.5. The first-order chi connectivity index (χ1) is 7.54. The second kappa shape index (κ2) is 6.03. The number of hydrogen-bond acceptors (Lipinski definition) is 5. The first kappa shape index (κ1) is 13.2. The molecule has 2 N–H and O–H groups in total. The van der Waals surface area contributed by atoms with Crippen LogP contribution in [-0.2, 0) is 0 Å². The van der Waals surface area contributed by atoms with Gasteiger partial charge in [-0.15, -0.1) is 0 Å². The molecule has 16 heavy (non-hydrogen) atoms. The van der Waals surface area contributed by atoms with Crippen molar-refractivity contribution < 1.29 is 9.90 Å². The van der Waals surface area contributed by atoms with Gasteiger partial charge in [0.15, 0.2) is 10.9 Å². The highest BCUT2D eigenvalue weighted by Crippen LogP contribution is 2.16. The van der Waals surface area contributed by atoms with Gasteiger partial charge in [-0.1, -0.05) is 23.4 Å². The van der Waals surface area contributed by atoms with Gasteiger partial charge >= 0.3 is 0 Å². The third-order valence-corrected chi connectivity index (χ3v) is 2.52. The second-order valence-corrected chi connectivity index (χ2v) is 4.29. The summed E-state index contributed by atoms with van der Waals surface area (Å²) in [5.41, 5.74) is 0.127. The zero-order valence-electron chi connectivity index (χ0n) is 8.90. The quantitative estimate of drug-likeness (QED) is 0.624. The Balaban J connectivity index is 2.81. The van der Waals surface area contributed by atoms with Gasteiger partial charge in [-0.25, -0.2) is 9.97 Å². The molecule has 0 aliphatic heterocycles. The Morgan fingerprint density at radius 3 is 3.00 bits per heavy atom. The molecule has 1 heterocycles. The van der Waals surface area contributed by atoms with Gasteiger partial charge in [-0.2, -0.15) is 0 Å². The van der Waals surface area contributed by atoms with Gasteiger partial charge < -0.3 is 10.4 Å². The molecule has 1 atom stereocenters. The third kappa shape index (κ3) is 3.62. The Morgan fingerprint density at radius 1 is 1.75 bits per heavy atom. The molecule has 1 aromatic rings. The van der Waals surface area contributed by atoms with Gasteiger partial charge in [0.25, 0.3) is 5.91 Å². The van der Waals surface area contributed by atoms with Crippen molar-refractivity contribution >= 4 is 29.3 Å². The van der Waals surface area contributed by atoms with Crippen LogP contribution in [0.25, 0.3) is 0 Å². The third-order valence-electron chi connectivity index (χ3n) is 1.68. The maximum Gasteiger partial charge on any atom is 0.271 e. The lowest BCUT2D eigenvalue weighted by Gasteiger charge is -2.07. The number of thioether (sulfide) groups is 1. The molecule has 0 fully saturated rings. The highest BCUT2D eigenvalue weighted by molar-refractivity contribution is 7.98. The zero-order chi connectivity index (χ0) is 12.1. The molecular weight excluding hydrogens is 250 g/mol. The van der Waals surface area contributed by atoms with E-state index in [9.17, 15) is 4.79 Å². The summed E-state index contributed by atoms with van der Waals surface area (Å²) in [7, 11) is 0. The van der Waals surface area contributed by atoms with Crippen LogP contribution < -0.4 is 5.32 Å². The molecule has 0 aliphatic carbocycles. The molecule has 0 aromatic carbocycles. The van der Waals surface area contributed by atoms with Gasteiger partial charge in [0.05, 0.1) is 17.3 Å². The van der Waals surface area contributed by atoms with Gasteiger partial charge in [-0.05, 0) is 13.2 Å². The molecule has 0 aliphatic rings. The Labute approximate surface area is 103 Å². The van der Waals surface area contributed by atoms with E-state index in [1.807, 2.05) is 0 Å². The summed E-state index contributed by atoms with van der Waals surface area (Å²) in [6, 6.07) is 0. The minimum atomic E-state index is -0.607. The molecule has 0 bridgehead atoms. The van der Waals surface area contributed by atoms with Crippen LogP contribution in [0.1, 0.15) is 17.4 Å². The predicted molar refractivity (Wildman–Crippen MR) is 62.8 cm³/mol. The topological polar surface area (TPSA) is 75.1 Å². The Kier molecular flexibility index (Phi) is 4.98. The van der Waals surface area contributed by atoms with E-state index in [0.29, 0.717) is 5.16 Å². The average molecular weight is 262 g/mol. The number of aliphatic hydroxyl groups excluding tert-OH is 1. The number of rotatable bonds is 4. The number of aliphatic hydroxyl groups is 1. The van der Waals surface area contributed by atoms with E-state index in [1.54, 1.807) is 13.2 Å². The summed E-state index contributed by atoms with van der Waals surface area (Å²) in [6.07, 6.45) is 2.59. The molecule has 1 amide bonds. The van der Waals surface area contributed by atoms with Crippen LogP contribution >= 0.6 is 23.4 Å². The van der Waals surface area contributed by atoms with Crippen LogP contribution in [0.2, 0.25) is 5.02 Å². The fourth-order valence-electron chi connectivity index (χ4n) is 0.933. The number of amides is 1. The number of halogens is 1. The van der Waals surface area contributed by atoms with Gasteiger partial charge in [0.1, 0.15) is 0 Å². The van der Waals surface area contributed by atoms with E-state index in [4.69, 9.17) is 16.7 Å². The maximum absolute atomic E-state index is 11.6. The van der Waals surface area contributed by atoms with Crippen molar-refractivity contribution in [3.05, 3.63) is 16.9 Å². The van der Waals surface area contributed by atoms with Crippen molar-refractivity contribution in [3.63, 3.8) is 0 Å². The van der Waals surface area contributed by atoms with Crippen molar-refractivity contribution in [2.45, 2.75) is 18.2 Å². The number of aromatic nitrogens is 2. The van der Waals surface area contributed by atoms with E-state index >= 15 is 0 Å². The largest absolute Gasteiger partial charge is 0.392 e. The van der Waals surface area contributed by atoms with Gasteiger partial charge in [-0.3, -0.25) is 4.79 Å². The van der Waals surface area contributed by atoms with E-state index in [1.165, 1.54) is 18.0 Å². The molecular formula is C9H12ClN3O2S. The summed E-state index contributed by atoms with van der Waals surface area (Å²) < 4.78 is 0. The molecule has 0 saturated carbocycles. The van der Waals surface area contributed by atoms with Gasteiger partial charge in [0, 0.05) is 6.54 Å². The minimum Gasteiger partial charge on any atom is -0.392 e. The lowest BCUT2D eigenvalue weighted by molar-refractivity contribution is 0.0918. The van der Waals surface area contributed by atoms with Crippen LogP contribution in [0.3, 0.4) is 0 Å². The average Bonchev–Trinajstić information content (AvgIpc) is 2.26.